The summed E-state index contributed by atoms with van der Waals surface area (Å²) in [5, 5.41) is 3.06. The number of halogens is 1. The zero-order valence-electron chi connectivity index (χ0n) is 4.78. The van der Waals surface area contributed by atoms with Crippen molar-refractivity contribution in [3.8, 4) is 0 Å². The van der Waals surface area contributed by atoms with E-state index in [-0.39, 0.29) is 0 Å². The highest BCUT2D eigenvalue weighted by Crippen LogP contribution is 1.59. The number of nitrogens with one attached hydrogen (secondary N) is 2. The van der Waals surface area contributed by atoms with Crippen molar-refractivity contribution >= 4 is 11.8 Å². The summed E-state index contributed by atoms with van der Waals surface area (Å²) in [6, 6.07) is 0. The number of nitrogens with two attached hydrogens (primary N) is 1. The lowest BCUT2D eigenvalue weighted by Gasteiger charge is -1.98. The summed E-state index contributed by atoms with van der Waals surface area (Å²) in [5.74, 6) is 0. The molecule has 0 spiro atoms. The Kier molecular flexibility index (Phi) is 7.32. The molecule has 0 rings (SSSR count). The summed E-state index contributed by atoms with van der Waals surface area (Å²) in [5.41, 5.74) is 5.19. The minimum atomic E-state index is 0.683. The summed E-state index contributed by atoms with van der Waals surface area (Å²) >= 11 is 5.16. The van der Waals surface area contributed by atoms with Gasteiger partial charge < -0.3 is 11.1 Å². The van der Waals surface area contributed by atoms with Crippen molar-refractivity contribution in [3.63, 3.8) is 0 Å². The van der Waals surface area contributed by atoms with Crippen molar-refractivity contribution in [2.45, 2.75) is 0 Å². The Labute approximate surface area is 54.7 Å². The molecule has 0 radical (unpaired) electrons. The maximum atomic E-state index is 5.19. The second-order valence-electron chi connectivity index (χ2n) is 1.42. The monoisotopic (exact) mass is 137 g/mol. The summed E-state index contributed by atoms with van der Waals surface area (Å²) in [7, 11) is 0. The first-order valence-electron chi connectivity index (χ1n) is 2.66. The smallest absolute Gasteiger partial charge is 0.0233 e. The highest BCUT2D eigenvalue weighted by molar-refractivity contribution is 6.13. The van der Waals surface area contributed by atoms with Gasteiger partial charge in [0.05, 0.1) is 0 Å². The number of hydrogen-bond donors (Lipinski definition) is 3. The van der Waals surface area contributed by atoms with Crippen molar-refractivity contribution in [2.24, 2.45) is 5.73 Å². The van der Waals surface area contributed by atoms with Crippen LogP contribution in [0.5, 0.6) is 0 Å². The second kappa shape index (κ2) is 7.17. The van der Waals surface area contributed by atoms with Gasteiger partial charge in [-0.25, -0.2) is 4.84 Å². The molecular formula is C4H12ClN3. The molecule has 50 valence electrons. The predicted octanol–water partition coefficient (Wildman–Crippen LogP) is -0.722. The van der Waals surface area contributed by atoms with Crippen LogP contribution >= 0.6 is 11.8 Å². The molecule has 0 amide bonds. The van der Waals surface area contributed by atoms with Crippen molar-refractivity contribution < 1.29 is 0 Å². The van der Waals surface area contributed by atoms with Crippen LogP contribution in [0.4, 0.5) is 0 Å². The van der Waals surface area contributed by atoms with Crippen LogP contribution in [0.3, 0.4) is 0 Å². The Balaban J connectivity index is 2.53. The minimum absolute atomic E-state index is 0.683. The minimum Gasteiger partial charge on any atom is -0.329 e. The van der Waals surface area contributed by atoms with Gasteiger partial charge in [0.25, 0.3) is 0 Å². The van der Waals surface area contributed by atoms with E-state index in [2.05, 4.69) is 10.2 Å². The first kappa shape index (κ1) is 8.17. The largest absolute Gasteiger partial charge is 0.329 e. The topological polar surface area (TPSA) is 50.1 Å². The van der Waals surface area contributed by atoms with Crippen LogP contribution in [-0.4, -0.2) is 26.2 Å². The number of rotatable bonds is 5. The number of hydrogen-bond acceptors (Lipinski definition) is 3. The van der Waals surface area contributed by atoms with E-state index in [1.54, 1.807) is 0 Å². The molecule has 0 aromatic heterocycles. The van der Waals surface area contributed by atoms with E-state index in [1.165, 1.54) is 0 Å². The molecule has 0 saturated carbocycles. The van der Waals surface area contributed by atoms with Crippen LogP contribution < -0.4 is 15.9 Å². The van der Waals surface area contributed by atoms with Gasteiger partial charge in [-0.2, -0.15) is 0 Å². The van der Waals surface area contributed by atoms with Gasteiger partial charge in [-0.15, -0.1) is 0 Å². The summed E-state index contributed by atoms with van der Waals surface area (Å²) in [6.07, 6.45) is 0. The lowest BCUT2D eigenvalue weighted by molar-refractivity contribution is 0.682. The van der Waals surface area contributed by atoms with Gasteiger partial charge >= 0.3 is 0 Å². The maximum Gasteiger partial charge on any atom is 0.0233 e. The van der Waals surface area contributed by atoms with Gasteiger partial charge in [-0.05, 0) is 11.8 Å². The van der Waals surface area contributed by atoms with E-state index in [1.807, 2.05) is 0 Å². The van der Waals surface area contributed by atoms with Crippen LogP contribution in [-0.2, 0) is 0 Å². The van der Waals surface area contributed by atoms with Crippen LogP contribution in [0.2, 0.25) is 0 Å². The average Bonchev–Trinajstić information content (AvgIpc) is 1.81. The lowest BCUT2D eigenvalue weighted by atomic mass is 10.6. The average molecular weight is 138 g/mol. The Bertz CT molecular complexity index is 36.3. The fraction of sp³-hybridized carbons (Fsp3) is 1.00. The van der Waals surface area contributed by atoms with Gasteiger partial charge in [0.15, 0.2) is 0 Å². The molecule has 0 fully saturated rings. The van der Waals surface area contributed by atoms with Crippen molar-refractivity contribution in [1.29, 1.82) is 0 Å². The first-order chi connectivity index (χ1) is 3.91. The van der Waals surface area contributed by atoms with Gasteiger partial charge in [-0.1, -0.05) is 0 Å². The molecule has 0 aliphatic rings. The fourth-order valence-electron chi connectivity index (χ4n) is 0.363. The molecule has 0 saturated heterocycles. The molecule has 0 aromatic rings. The normalized spacial score (nSPS) is 9.75. The van der Waals surface area contributed by atoms with Crippen LogP contribution in [0, 0.1) is 0 Å². The summed E-state index contributed by atoms with van der Waals surface area (Å²) in [6.45, 7) is 3.20. The predicted molar refractivity (Wildman–Crippen MR) is 35.8 cm³/mol. The summed E-state index contributed by atoms with van der Waals surface area (Å²) < 4.78 is 0. The Morgan fingerprint density at radius 2 is 2.00 bits per heavy atom. The zero-order valence-corrected chi connectivity index (χ0v) is 5.54. The van der Waals surface area contributed by atoms with Crippen LogP contribution in [0.15, 0.2) is 0 Å². The van der Waals surface area contributed by atoms with Gasteiger partial charge in [-0.3, -0.25) is 0 Å². The third kappa shape index (κ3) is 6.17. The molecular weight excluding hydrogens is 126 g/mol. The molecule has 4 heteroatoms. The highest BCUT2D eigenvalue weighted by atomic mass is 35.5. The van der Waals surface area contributed by atoms with Gasteiger partial charge in [0.1, 0.15) is 0 Å². The molecule has 0 unspecified atom stereocenters. The van der Waals surface area contributed by atoms with E-state index in [9.17, 15) is 0 Å². The Morgan fingerprint density at radius 1 is 1.25 bits per heavy atom. The third-order valence-corrected chi connectivity index (χ3v) is 0.906. The van der Waals surface area contributed by atoms with Crippen LogP contribution in [0.1, 0.15) is 0 Å². The third-order valence-electron chi connectivity index (χ3n) is 0.717. The molecule has 0 aromatic carbocycles. The molecule has 4 N–H and O–H groups in total. The Morgan fingerprint density at radius 3 is 2.50 bits per heavy atom. The first-order valence-corrected chi connectivity index (χ1v) is 3.04. The molecule has 0 atom stereocenters. The fourth-order valence-corrected chi connectivity index (χ4v) is 0.457. The van der Waals surface area contributed by atoms with E-state index in [0.29, 0.717) is 6.54 Å². The highest BCUT2D eigenvalue weighted by Gasteiger charge is 1.80. The van der Waals surface area contributed by atoms with E-state index >= 15 is 0 Å². The van der Waals surface area contributed by atoms with E-state index in [4.69, 9.17) is 17.5 Å². The molecule has 0 aliphatic heterocycles. The quantitative estimate of drug-likeness (QED) is 0.346. The molecule has 0 aliphatic carbocycles. The Hall–Kier alpha value is 0.170. The lowest BCUT2D eigenvalue weighted by Crippen LogP contribution is -2.27. The standard InChI is InChI=1S/C4H12ClN3/c5-8-4-3-7-2-1-6/h7-8H,1-4,6H2. The van der Waals surface area contributed by atoms with Crippen molar-refractivity contribution in [1.82, 2.24) is 10.2 Å². The molecule has 0 bridgehead atoms. The van der Waals surface area contributed by atoms with Crippen molar-refractivity contribution in [3.05, 3.63) is 0 Å². The van der Waals surface area contributed by atoms with Crippen LogP contribution in [0.25, 0.3) is 0 Å². The van der Waals surface area contributed by atoms with Crippen molar-refractivity contribution in [2.75, 3.05) is 26.2 Å². The molecule has 0 heterocycles. The van der Waals surface area contributed by atoms with E-state index < -0.39 is 0 Å². The zero-order chi connectivity index (χ0) is 6.24. The summed E-state index contributed by atoms with van der Waals surface area (Å²) in [4.78, 5) is 2.50. The van der Waals surface area contributed by atoms with E-state index in [0.717, 1.165) is 19.6 Å². The maximum absolute atomic E-state index is 5.19. The SMILES string of the molecule is NCCNCCNCl. The van der Waals surface area contributed by atoms with Gasteiger partial charge in [0, 0.05) is 26.2 Å². The molecule has 3 nitrogen and oxygen atoms in total. The second-order valence-corrected chi connectivity index (χ2v) is 1.69. The van der Waals surface area contributed by atoms with Gasteiger partial charge in [0.2, 0.25) is 0 Å². The molecule has 8 heavy (non-hydrogen) atoms.